The van der Waals surface area contributed by atoms with Crippen LogP contribution in [-0.2, 0) is 6.61 Å². The first kappa shape index (κ1) is 12.3. The first-order valence-electron chi connectivity index (χ1n) is 5.78. The fourth-order valence-electron chi connectivity index (χ4n) is 1.73. The summed E-state index contributed by atoms with van der Waals surface area (Å²) in [7, 11) is 0. The minimum absolute atomic E-state index is 0.0133. The maximum atomic E-state index is 9.05. The van der Waals surface area contributed by atoms with Crippen LogP contribution in [-0.4, -0.2) is 10.1 Å². The lowest BCUT2D eigenvalue weighted by Gasteiger charge is -2.09. The van der Waals surface area contributed by atoms with Crippen molar-refractivity contribution in [2.24, 2.45) is 0 Å². The molecule has 0 bridgehead atoms. The molecule has 0 saturated carbocycles. The molecule has 1 heterocycles. The van der Waals surface area contributed by atoms with Gasteiger partial charge in [0, 0.05) is 10.9 Å². The van der Waals surface area contributed by atoms with E-state index in [4.69, 9.17) is 5.11 Å². The van der Waals surface area contributed by atoms with Gasteiger partial charge in [-0.15, -0.1) is 11.3 Å². The molecule has 0 amide bonds. The molecule has 0 atom stereocenters. The summed E-state index contributed by atoms with van der Waals surface area (Å²) in [6, 6.07) is 6.52. The molecule has 0 unspecified atom stereocenters. The smallest absolute Gasteiger partial charge is 0.123 e. The van der Waals surface area contributed by atoms with Gasteiger partial charge in [0.1, 0.15) is 5.01 Å². The van der Waals surface area contributed by atoms with Crippen molar-refractivity contribution in [3.63, 3.8) is 0 Å². The van der Waals surface area contributed by atoms with Crippen LogP contribution in [0.5, 0.6) is 0 Å². The van der Waals surface area contributed by atoms with Gasteiger partial charge in [-0.3, -0.25) is 0 Å². The van der Waals surface area contributed by atoms with Crippen LogP contribution < -0.4 is 0 Å². The predicted molar refractivity (Wildman–Crippen MR) is 72.3 cm³/mol. The highest BCUT2D eigenvalue weighted by Crippen LogP contribution is 2.29. The third-order valence-electron chi connectivity index (χ3n) is 2.87. The molecule has 0 fully saturated rings. The number of aryl methyl sites for hydroxylation is 1. The number of aliphatic hydroxyl groups excluding tert-OH is 1. The highest BCUT2D eigenvalue weighted by molar-refractivity contribution is 7.13. The van der Waals surface area contributed by atoms with E-state index in [1.165, 1.54) is 16.7 Å². The monoisotopic (exact) mass is 247 g/mol. The maximum Gasteiger partial charge on any atom is 0.123 e. The Morgan fingerprint density at radius 1 is 1.35 bits per heavy atom. The number of hydrogen-bond donors (Lipinski definition) is 1. The predicted octanol–water partition coefficient (Wildman–Crippen LogP) is 3.73. The molecule has 0 spiro atoms. The second kappa shape index (κ2) is 4.98. The quantitative estimate of drug-likeness (QED) is 0.896. The van der Waals surface area contributed by atoms with Crippen molar-refractivity contribution in [1.29, 1.82) is 0 Å². The molecule has 0 radical (unpaired) electrons. The number of nitrogens with zero attached hydrogens (tertiary/aromatic N) is 1. The van der Waals surface area contributed by atoms with Gasteiger partial charge in [0.2, 0.25) is 0 Å². The van der Waals surface area contributed by atoms with E-state index in [1.807, 2.05) is 5.38 Å². The number of benzene rings is 1. The minimum atomic E-state index is 0.0133. The van der Waals surface area contributed by atoms with Crippen LogP contribution in [0, 0.1) is 6.92 Å². The van der Waals surface area contributed by atoms with Crippen molar-refractivity contribution in [3.8, 4) is 10.6 Å². The van der Waals surface area contributed by atoms with Gasteiger partial charge >= 0.3 is 0 Å². The zero-order valence-electron chi connectivity index (χ0n) is 10.4. The number of rotatable bonds is 3. The molecule has 1 aromatic carbocycles. The number of hydrogen-bond acceptors (Lipinski definition) is 3. The molecule has 3 heteroatoms. The van der Waals surface area contributed by atoms with E-state index >= 15 is 0 Å². The number of thiazole rings is 1. The Morgan fingerprint density at radius 2 is 2.12 bits per heavy atom. The van der Waals surface area contributed by atoms with Crippen molar-refractivity contribution in [1.82, 2.24) is 4.98 Å². The van der Waals surface area contributed by atoms with Crippen molar-refractivity contribution in [2.75, 3.05) is 0 Å². The van der Waals surface area contributed by atoms with Gasteiger partial charge in [-0.1, -0.05) is 26.0 Å². The first-order valence-corrected chi connectivity index (χ1v) is 6.66. The molecule has 0 aliphatic rings. The molecule has 17 heavy (non-hydrogen) atoms. The Morgan fingerprint density at radius 3 is 2.71 bits per heavy atom. The van der Waals surface area contributed by atoms with Crippen molar-refractivity contribution < 1.29 is 5.11 Å². The maximum absolute atomic E-state index is 9.05. The van der Waals surface area contributed by atoms with Gasteiger partial charge in [-0.25, -0.2) is 4.98 Å². The lowest BCUT2D eigenvalue weighted by atomic mass is 9.98. The van der Waals surface area contributed by atoms with Gasteiger partial charge in [0.15, 0.2) is 0 Å². The van der Waals surface area contributed by atoms with Crippen LogP contribution in [0.2, 0.25) is 0 Å². The summed E-state index contributed by atoms with van der Waals surface area (Å²) in [5.41, 5.74) is 4.49. The molecule has 2 aromatic rings. The van der Waals surface area contributed by atoms with Gasteiger partial charge in [0.05, 0.1) is 12.3 Å². The fraction of sp³-hybridized carbons (Fsp3) is 0.357. The SMILES string of the molecule is Cc1ccc(C(C)C)cc1-c1nc(CO)cs1. The van der Waals surface area contributed by atoms with Crippen LogP contribution in [0.25, 0.3) is 10.6 Å². The summed E-state index contributed by atoms with van der Waals surface area (Å²) in [6.45, 7) is 6.49. The van der Waals surface area contributed by atoms with Gasteiger partial charge in [-0.2, -0.15) is 0 Å². The second-order valence-electron chi connectivity index (χ2n) is 4.53. The van der Waals surface area contributed by atoms with Crippen molar-refractivity contribution in [2.45, 2.75) is 33.3 Å². The molecule has 1 aromatic heterocycles. The standard InChI is InChI=1S/C14H17NOS/c1-9(2)11-5-4-10(3)13(6-11)14-15-12(7-16)8-17-14/h4-6,8-9,16H,7H2,1-3H3. The topological polar surface area (TPSA) is 33.1 Å². The molecular weight excluding hydrogens is 230 g/mol. The lowest BCUT2D eigenvalue weighted by molar-refractivity contribution is 0.278. The average Bonchev–Trinajstić information content (AvgIpc) is 2.77. The van der Waals surface area contributed by atoms with Crippen LogP contribution in [0.3, 0.4) is 0 Å². The Labute approximate surface area is 106 Å². The third-order valence-corrected chi connectivity index (χ3v) is 3.80. The minimum Gasteiger partial charge on any atom is -0.390 e. The summed E-state index contributed by atoms with van der Waals surface area (Å²) in [5.74, 6) is 0.520. The Bertz CT molecular complexity index is 517. The Hall–Kier alpha value is -1.19. The van der Waals surface area contributed by atoms with Gasteiger partial charge in [-0.05, 0) is 30.0 Å². The Kier molecular flexibility index (Phi) is 3.60. The summed E-state index contributed by atoms with van der Waals surface area (Å²) in [4.78, 5) is 4.43. The van der Waals surface area contributed by atoms with Crippen LogP contribution >= 0.6 is 11.3 Å². The van der Waals surface area contributed by atoms with E-state index in [0.717, 1.165) is 10.7 Å². The first-order chi connectivity index (χ1) is 8.11. The highest BCUT2D eigenvalue weighted by atomic mass is 32.1. The molecule has 0 saturated heterocycles. The number of aliphatic hydroxyl groups is 1. The largest absolute Gasteiger partial charge is 0.390 e. The zero-order valence-corrected chi connectivity index (χ0v) is 11.2. The van der Waals surface area contributed by atoms with Crippen molar-refractivity contribution >= 4 is 11.3 Å². The average molecular weight is 247 g/mol. The molecule has 90 valence electrons. The normalized spacial score (nSPS) is 11.1. The van der Waals surface area contributed by atoms with E-state index in [9.17, 15) is 0 Å². The van der Waals surface area contributed by atoms with Crippen LogP contribution in [0.1, 0.15) is 36.6 Å². The summed E-state index contributed by atoms with van der Waals surface area (Å²) in [5, 5.41) is 12.0. The molecule has 1 N–H and O–H groups in total. The van der Waals surface area contributed by atoms with E-state index in [0.29, 0.717) is 5.92 Å². The van der Waals surface area contributed by atoms with E-state index in [2.05, 4.69) is 44.0 Å². The molecule has 0 aliphatic heterocycles. The molecule has 0 aliphatic carbocycles. The fourth-order valence-corrected chi connectivity index (χ4v) is 2.62. The summed E-state index contributed by atoms with van der Waals surface area (Å²) >= 11 is 1.59. The molecular formula is C14H17NOS. The van der Waals surface area contributed by atoms with E-state index in [-0.39, 0.29) is 6.61 Å². The Balaban J connectivity index is 2.46. The summed E-state index contributed by atoms with van der Waals surface area (Å²) < 4.78 is 0. The third kappa shape index (κ3) is 2.56. The van der Waals surface area contributed by atoms with E-state index in [1.54, 1.807) is 11.3 Å². The summed E-state index contributed by atoms with van der Waals surface area (Å²) in [6.07, 6.45) is 0. The van der Waals surface area contributed by atoms with E-state index < -0.39 is 0 Å². The van der Waals surface area contributed by atoms with Crippen molar-refractivity contribution in [3.05, 3.63) is 40.4 Å². The number of aromatic nitrogens is 1. The zero-order chi connectivity index (χ0) is 12.4. The highest BCUT2D eigenvalue weighted by Gasteiger charge is 2.09. The second-order valence-corrected chi connectivity index (χ2v) is 5.39. The van der Waals surface area contributed by atoms with Crippen LogP contribution in [0.15, 0.2) is 23.6 Å². The lowest BCUT2D eigenvalue weighted by Crippen LogP contribution is -1.91. The van der Waals surface area contributed by atoms with Gasteiger partial charge in [0.25, 0.3) is 0 Å². The molecule has 2 nitrogen and oxygen atoms in total. The van der Waals surface area contributed by atoms with Crippen LogP contribution in [0.4, 0.5) is 0 Å². The van der Waals surface area contributed by atoms with Gasteiger partial charge < -0.3 is 5.11 Å². The molecule has 2 rings (SSSR count).